The maximum Gasteiger partial charge on any atom is 0.317 e. The van der Waals surface area contributed by atoms with Crippen LogP contribution in [0.2, 0.25) is 0 Å². The Labute approximate surface area is 181 Å². The monoisotopic (exact) mass is 428 g/mol. The van der Waals surface area contributed by atoms with E-state index < -0.39 is 0 Å². The fourth-order valence-corrected chi connectivity index (χ4v) is 3.71. The Kier molecular flexibility index (Phi) is 6.03. The van der Waals surface area contributed by atoms with Gasteiger partial charge in [-0.15, -0.1) is 0 Å². The zero-order valence-corrected chi connectivity index (χ0v) is 18.0. The van der Waals surface area contributed by atoms with Crippen LogP contribution in [0.3, 0.4) is 0 Å². The molecule has 1 aliphatic heterocycles. The molecule has 166 valence electrons. The van der Waals surface area contributed by atoms with E-state index in [1.54, 1.807) is 37.5 Å². The molecule has 0 unspecified atom stereocenters. The van der Waals surface area contributed by atoms with Crippen molar-refractivity contribution in [2.45, 2.75) is 38.0 Å². The number of hydrogen-bond donors (Lipinski definition) is 2. The third-order valence-electron chi connectivity index (χ3n) is 5.72. The number of nitrogens with one attached hydrogen (secondary N) is 1. The van der Waals surface area contributed by atoms with Gasteiger partial charge in [0.25, 0.3) is 0 Å². The van der Waals surface area contributed by atoms with Gasteiger partial charge in [-0.1, -0.05) is 0 Å². The molecule has 11 nitrogen and oxygen atoms in total. The Morgan fingerprint density at radius 3 is 2.74 bits per heavy atom. The largest absolute Gasteiger partial charge is 0.474 e. The van der Waals surface area contributed by atoms with Crippen molar-refractivity contribution in [1.29, 1.82) is 0 Å². The van der Waals surface area contributed by atoms with Gasteiger partial charge in [0.1, 0.15) is 6.10 Å². The van der Waals surface area contributed by atoms with Gasteiger partial charge in [0.2, 0.25) is 17.8 Å². The molecule has 2 aromatic rings. The topological polar surface area (TPSA) is 132 Å². The van der Waals surface area contributed by atoms with E-state index in [1.807, 2.05) is 0 Å². The average molecular weight is 428 g/mol. The highest BCUT2D eigenvalue weighted by atomic mass is 16.5. The van der Waals surface area contributed by atoms with Gasteiger partial charge in [-0.3, -0.25) is 0 Å². The molecule has 11 heteroatoms. The van der Waals surface area contributed by atoms with Gasteiger partial charge >= 0.3 is 6.03 Å². The van der Waals surface area contributed by atoms with Crippen molar-refractivity contribution in [2.24, 2.45) is 0 Å². The molecule has 0 radical (unpaired) electrons. The summed E-state index contributed by atoms with van der Waals surface area (Å²) in [6.07, 6.45) is 4.75. The molecule has 1 saturated carbocycles. The van der Waals surface area contributed by atoms with E-state index in [0.29, 0.717) is 37.3 Å². The molecular formula is C20H28N8O3. The lowest BCUT2D eigenvalue weighted by atomic mass is 9.88. The van der Waals surface area contributed by atoms with Gasteiger partial charge in [0, 0.05) is 63.5 Å². The van der Waals surface area contributed by atoms with Gasteiger partial charge in [-0.25, -0.2) is 19.7 Å². The van der Waals surface area contributed by atoms with E-state index in [9.17, 15) is 4.79 Å². The normalized spacial score (nSPS) is 23.1. The minimum absolute atomic E-state index is 0.0162. The van der Waals surface area contributed by atoms with E-state index >= 15 is 0 Å². The first-order chi connectivity index (χ1) is 14.9. The maximum atomic E-state index is 11.8. The number of amides is 2. The number of ether oxygens (including phenoxy) is 2. The molecule has 1 aliphatic carbocycles. The first-order valence-corrected chi connectivity index (χ1v) is 10.4. The molecular weight excluding hydrogens is 400 g/mol. The third kappa shape index (κ3) is 4.61. The summed E-state index contributed by atoms with van der Waals surface area (Å²) in [6.45, 7) is 4.01. The highest BCUT2D eigenvalue weighted by molar-refractivity contribution is 5.74. The second kappa shape index (κ2) is 8.88. The Morgan fingerprint density at radius 1 is 1.32 bits per heavy atom. The number of carbonyl (C=O) groups excluding carboxylic acids is 1. The fourth-order valence-electron chi connectivity index (χ4n) is 3.71. The summed E-state index contributed by atoms with van der Waals surface area (Å²) in [5, 5.41) is 2.64. The van der Waals surface area contributed by atoms with Crippen molar-refractivity contribution < 1.29 is 14.3 Å². The summed E-state index contributed by atoms with van der Waals surface area (Å²) in [7, 11) is 3.42. The first kappa shape index (κ1) is 21.0. The number of rotatable bonds is 5. The van der Waals surface area contributed by atoms with E-state index in [-0.39, 0.29) is 30.2 Å². The van der Waals surface area contributed by atoms with Crippen molar-refractivity contribution in [3.63, 3.8) is 0 Å². The molecule has 0 bridgehead atoms. The lowest BCUT2D eigenvalue weighted by Crippen LogP contribution is -2.52. The number of hydrogen-bond acceptors (Lipinski definition) is 9. The average Bonchev–Trinajstić information content (AvgIpc) is 2.75. The van der Waals surface area contributed by atoms with Crippen molar-refractivity contribution >= 4 is 17.9 Å². The Bertz CT molecular complexity index is 919. The van der Waals surface area contributed by atoms with Crippen molar-refractivity contribution in [2.75, 3.05) is 44.5 Å². The van der Waals surface area contributed by atoms with Crippen LogP contribution in [-0.2, 0) is 4.74 Å². The van der Waals surface area contributed by atoms with Gasteiger partial charge in [-0.2, -0.15) is 4.98 Å². The third-order valence-corrected chi connectivity index (χ3v) is 5.72. The zero-order valence-electron chi connectivity index (χ0n) is 18.0. The second-order valence-electron chi connectivity index (χ2n) is 7.87. The standard InChI is InChI=1S/C20H28N8O3/c1-12-11-30-5-4-28(12)19-25-16(13-9-23-18(21)24-10-13)8-17(26-19)31-15-6-14(7-15)27(3)20(29)22-2/h8-10,12,14-15H,4-7,11H2,1-3H3,(H,22,29)(H2,21,23,24)/t12-,14?,15?/m0/s1. The van der Waals surface area contributed by atoms with Crippen molar-refractivity contribution in [1.82, 2.24) is 30.2 Å². The molecule has 2 amide bonds. The van der Waals surface area contributed by atoms with Crippen LogP contribution >= 0.6 is 0 Å². The van der Waals surface area contributed by atoms with E-state index in [2.05, 4.69) is 32.1 Å². The highest BCUT2D eigenvalue weighted by Gasteiger charge is 2.36. The molecule has 1 saturated heterocycles. The molecule has 3 N–H and O–H groups in total. The van der Waals surface area contributed by atoms with Crippen molar-refractivity contribution in [3.05, 3.63) is 18.5 Å². The highest BCUT2D eigenvalue weighted by Crippen LogP contribution is 2.31. The molecule has 3 heterocycles. The van der Waals surface area contributed by atoms with Gasteiger partial charge in [0.15, 0.2) is 0 Å². The molecule has 0 aromatic carbocycles. The van der Waals surface area contributed by atoms with Crippen LogP contribution in [0.1, 0.15) is 19.8 Å². The summed E-state index contributed by atoms with van der Waals surface area (Å²) in [5.41, 5.74) is 7.02. The number of carbonyl (C=O) groups is 1. The molecule has 31 heavy (non-hydrogen) atoms. The molecule has 2 fully saturated rings. The summed E-state index contributed by atoms with van der Waals surface area (Å²) >= 11 is 0. The zero-order chi connectivity index (χ0) is 22.0. The Hall–Kier alpha value is -3.21. The number of nitrogens with two attached hydrogens (primary N) is 1. The minimum atomic E-state index is -0.0975. The lowest BCUT2D eigenvalue weighted by molar-refractivity contribution is 0.0408. The minimum Gasteiger partial charge on any atom is -0.474 e. The van der Waals surface area contributed by atoms with Crippen LogP contribution in [0, 0.1) is 0 Å². The van der Waals surface area contributed by atoms with Crippen LogP contribution in [0.4, 0.5) is 16.7 Å². The first-order valence-electron chi connectivity index (χ1n) is 10.4. The summed E-state index contributed by atoms with van der Waals surface area (Å²) < 4.78 is 11.7. The number of morpholine rings is 1. The van der Waals surface area contributed by atoms with E-state index in [0.717, 1.165) is 18.4 Å². The predicted octanol–water partition coefficient (Wildman–Crippen LogP) is 0.922. The smallest absolute Gasteiger partial charge is 0.317 e. The van der Waals surface area contributed by atoms with Gasteiger partial charge in [-0.05, 0) is 6.92 Å². The predicted molar refractivity (Wildman–Crippen MR) is 115 cm³/mol. The molecule has 2 aliphatic rings. The molecule has 4 rings (SSSR count). The van der Waals surface area contributed by atoms with Crippen LogP contribution in [0.25, 0.3) is 11.3 Å². The SMILES string of the molecule is CNC(=O)N(C)C1CC(Oc2cc(-c3cnc(N)nc3)nc(N3CCOC[C@@H]3C)n2)C1. The maximum absolute atomic E-state index is 11.8. The van der Waals surface area contributed by atoms with Gasteiger partial charge in [0.05, 0.1) is 24.9 Å². The number of nitrogen functional groups attached to an aromatic ring is 1. The number of aromatic nitrogens is 4. The molecule has 1 atom stereocenters. The fraction of sp³-hybridized carbons (Fsp3) is 0.550. The lowest BCUT2D eigenvalue weighted by Gasteiger charge is -2.40. The molecule has 0 spiro atoms. The summed E-state index contributed by atoms with van der Waals surface area (Å²) in [4.78, 5) is 33.2. The molecule has 2 aromatic heterocycles. The Balaban J connectivity index is 1.55. The number of nitrogens with zero attached hydrogens (tertiary/aromatic N) is 6. The summed E-state index contributed by atoms with van der Waals surface area (Å²) in [6, 6.07) is 1.99. The van der Waals surface area contributed by atoms with Gasteiger partial charge < -0.3 is 30.3 Å². The van der Waals surface area contributed by atoms with Crippen LogP contribution in [0.15, 0.2) is 18.5 Å². The van der Waals surface area contributed by atoms with Crippen molar-refractivity contribution in [3.8, 4) is 17.1 Å². The number of urea groups is 1. The van der Waals surface area contributed by atoms with E-state index in [4.69, 9.17) is 20.2 Å². The van der Waals surface area contributed by atoms with Crippen LogP contribution < -0.4 is 20.7 Å². The van der Waals surface area contributed by atoms with Crippen LogP contribution in [-0.4, -0.2) is 82.9 Å². The number of anilines is 2. The Morgan fingerprint density at radius 2 is 2.06 bits per heavy atom. The summed E-state index contributed by atoms with van der Waals surface area (Å²) in [5.74, 6) is 1.28. The van der Waals surface area contributed by atoms with Crippen LogP contribution in [0.5, 0.6) is 5.88 Å². The second-order valence-corrected chi connectivity index (χ2v) is 7.87. The van der Waals surface area contributed by atoms with E-state index in [1.165, 1.54) is 0 Å². The quantitative estimate of drug-likeness (QED) is 0.713.